The number of carbonyl (C=O) groups excluding carboxylic acids is 4. The van der Waals surface area contributed by atoms with Gasteiger partial charge in [-0.3, -0.25) is 18.9 Å². The zero-order valence-electron chi connectivity index (χ0n) is 22.3. The van der Waals surface area contributed by atoms with E-state index in [1.54, 1.807) is 4.90 Å². The molecule has 216 valence electrons. The lowest BCUT2D eigenvalue weighted by Crippen LogP contribution is -2.66. The van der Waals surface area contributed by atoms with Crippen LogP contribution in [0.25, 0.3) is 0 Å². The van der Waals surface area contributed by atoms with E-state index in [0.717, 1.165) is 0 Å². The lowest BCUT2D eigenvalue weighted by molar-refractivity contribution is -0.166. The highest BCUT2D eigenvalue weighted by Crippen LogP contribution is 2.49. The molecule has 0 aromatic carbocycles. The van der Waals surface area contributed by atoms with E-state index >= 15 is 0 Å². The summed E-state index contributed by atoms with van der Waals surface area (Å²) in [5.74, 6) is -1.76. The maximum Gasteiger partial charge on any atom is 0.408 e. The van der Waals surface area contributed by atoms with Crippen molar-refractivity contribution in [3.63, 3.8) is 0 Å². The Morgan fingerprint density at radius 2 is 1.79 bits per heavy atom. The lowest BCUT2D eigenvalue weighted by Gasteiger charge is -2.58. The molecular formula is C24H40N4O9S. The minimum atomic E-state index is -4.94. The first-order valence-electron chi connectivity index (χ1n) is 13.1. The van der Waals surface area contributed by atoms with Crippen molar-refractivity contribution < 1.29 is 42.0 Å². The van der Waals surface area contributed by atoms with Crippen LogP contribution in [0.1, 0.15) is 59.8 Å². The third-order valence-corrected chi connectivity index (χ3v) is 8.39. The van der Waals surface area contributed by atoms with Gasteiger partial charge in [-0.15, -0.1) is 0 Å². The van der Waals surface area contributed by atoms with Gasteiger partial charge in [0.1, 0.15) is 12.1 Å². The Kier molecular flexibility index (Phi) is 9.30. The average Bonchev–Trinajstić information content (AvgIpc) is 3.15. The van der Waals surface area contributed by atoms with Gasteiger partial charge in [0.15, 0.2) is 0 Å². The summed E-state index contributed by atoms with van der Waals surface area (Å²) in [4.78, 5) is 51.5. The number of nitrogens with zero attached hydrogens (tertiary/aromatic N) is 1. The first kappa shape index (κ1) is 30.1. The Balaban J connectivity index is 1.56. The van der Waals surface area contributed by atoms with E-state index in [9.17, 15) is 37.3 Å². The molecule has 0 radical (unpaired) electrons. The Labute approximate surface area is 223 Å². The molecule has 13 nitrogen and oxygen atoms in total. The van der Waals surface area contributed by atoms with Crippen molar-refractivity contribution in [3.05, 3.63) is 0 Å². The number of carbonyl (C=O) groups is 4. The van der Waals surface area contributed by atoms with Crippen LogP contribution in [0.2, 0.25) is 0 Å². The maximum atomic E-state index is 13.1. The summed E-state index contributed by atoms with van der Waals surface area (Å²) >= 11 is 0. The van der Waals surface area contributed by atoms with Gasteiger partial charge in [-0.25, -0.2) is 4.79 Å². The third-order valence-electron chi connectivity index (χ3n) is 7.45. The number of hydrogen-bond donors (Lipinski definition) is 5. The van der Waals surface area contributed by atoms with Crippen molar-refractivity contribution in [3.8, 4) is 0 Å². The van der Waals surface area contributed by atoms with E-state index < -0.39 is 45.6 Å². The van der Waals surface area contributed by atoms with Crippen LogP contribution in [0.5, 0.6) is 0 Å². The van der Waals surface area contributed by atoms with E-state index in [1.165, 1.54) is 0 Å². The molecule has 0 aromatic rings. The summed E-state index contributed by atoms with van der Waals surface area (Å²) in [7, 11) is -4.94. The molecule has 4 atom stereocenters. The smallest absolute Gasteiger partial charge is 0.408 e. The number of amides is 4. The Bertz CT molecular complexity index is 1020. The van der Waals surface area contributed by atoms with Crippen molar-refractivity contribution in [1.29, 1.82) is 0 Å². The molecule has 2 saturated heterocycles. The van der Waals surface area contributed by atoms with Crippen molar-refractivity contribution in [2.75, 3.05) is 19.6 Å². The zero-order valence-corrected chi connectivity index (χ0v) is 23.1. The highest BCUT2D eigenvalue weighted by molar-refractivity contribution is 7.86. The normalized spacial score (nSPS) is 23.3. The number of alkyl carbamates (subject to hydrolysis) is 1. The number of nitrogens with one attached hydrogen (secondary N) is 3. The van der Waals surface area contributed by atoms with E-state index in [2.05, 4.69) is 16.0 Å². The standard InChI is InChI=1S/C24H40N4O9S/c1-13(2)7-17(20(30)26-18(22(32)38(34,35)36)8-15-5-6-25-19(15)29)27-23(33)37-16-9-24(10-16)11-28(12-24)21(31)14(3)4/h13-18,22,32H,5-12H2,1-4H3,(H,25,29)(H,26,30)(H,27,33)(H,34,35,36)/t15-,17-,18-,22-/m0/s1. The van der Waals surface area contributed by atoms with Crippen LogP contribution < -0.4 is 16.0 Å². The summed E-state index contributed by atoms with van der Waals surface area (Å²) < 4.78 is 38.1. The minimum absolute atomic E-state index is 0.0319. The van der Waals surface area contributed by atoms with Crippen molar-refractivity contribution in [2.24, 2.45) is 23.2 Å². The summed E-state index contributed by atoms with van der Waals surface area (Å²) in [6.45, 7) is 9.02. The van der Waals surface area contributed by atoms with Crippen LogP contribution in [-0.4, -0.2) is 90.0 Å². The van der Waals surface area contributed by atoms with Gasteiger partial charge in [-0.1, -0.05) is 27.7 Å². The predicted molar refractivity (Wildman–Crippen MR) is 135 cm³/mol. The molecule has 2 heterocycles. The molecule has 2 aliphatic heterocycles. The number of aliphatic hydroxyl groups excluding tert-OH is 1. The van der Waals surface area contributed by atoms with E-state index in [4.69, 9.17) is 4.74 Å². The number of hydrogen-bond acceptors (Lipinski definition) is 8. The van der Waals surface area contributed by atoms with Gasteiger partial charge in [0.05, 0.1) is 6.04 Å². The Morgan fingerprint density at radius 1 is 1.16 bits per heavy atom. The molecule has 0 bridgehead atoms. The van der Waals surface area contributed by atoms with Crippen LogP contribution >= 0.6 is 0 Å². The Hall–Kier alpha value is -2.45. The van der Waals surface area contributed by atoms with E-state index in [1.807, 2.05) is 27.7 Å². The average molecular weight is 561 g/mol. The molecule has 5 N–H and O–H groups in total. The minimum Gasteiger partial charge on any atom is -0.446 e. The largest absolute Gasteiger partial charge is 0.446 e. The molecule has 3 fully saturated rings. The van der Waals surface area contributed by atoms with Crippen LogP contribution in [-0.2, 0) is 29.2 Å². The van der Waals surface area contributed by atoms with Gasteiger partial charge < -0.3 is 30.7 Å². The highest BCUT2D eigenvalue weighted by Gasteiger charge is 2.55. The fourth-order valence-corrected chi connectivity index (χ4v) is 6.07. The SMILES string of the molecule is CC(C)C[C@H](NC(=O)OC1CC2(C1)CN(C(=O)C(C)C)C2)C(=O)N[C@@H](C[C@@H]1CCNC1=O)[C@@H](O)S(=O)(=O)O. The van der Waals surface area contributed by atoms with Gasteiger partial charge in [0.2, 0.25) is 23.2 Å². The summed E-state index contributed by atoms with van der Waals surface area (Å²) in [5, 5.41) is 17.7. The van der Waals surface area contributed by atoms with E-state index in [0.29, 0.717) is 38.9 Å². The zero-order chi connectivity index (χ0) is 28.4. The van der Waals surface area contributed by atoms with Gasteiger partial charge in [-0.2, -0.15) is 8.42 Å². The van der Waals surface area contributed by atoms with Crippen LogP contribution in [0.3, 0.4) is 0 Å². The summed E-state index contributed by atoms with van der Waals surface area (Å²) in [5.41, 5.74) is -2.38. The number of ether oxygens (including phenoxy) is 1. The molecule has 0 aromatic heterocycles. The first-order valence-corrected chi connectivity index (χ1v) is 14.6. The Morgan fingerprint density at radius 3 is 2.29 bits per heavy atom. The molecule has 1 saturated carbocycles. The molecular weight excluding hydrogens is 520 g/mol. The second-order valence-electron chi connectivity index (χ2n) is 11.6. The number of aliphatic hydroxyl groups is 1. The predicted octanol–water partition coefficient (Wildman–Crippen LogP) is -0.00850. The molecule has 38 heavy (non-hydrogen) atoms. The first-order chi connectivity index (χ1) is 17.6. The monoisotopic (exact) mass is 560 g/mol. The van der Waals surface area contributed by atoms with Crippen LogP contribution in [0, 0.1) is 23.2 Å². The molecule has 4 amide bonds. The number of rotatable bonds is 11. The molecule has 1 spiro atoms. The molecule has 3 rings (SSSR count). The second-order valence-corrected chi connectivity index (χ2v) is 13.2. The van der Waals surface area contributed by atoms with Crippen molar-refractivity contribution in [1.82, 2.24) is 20.9 Å². The van der Waals surface area contributed by atoms with Crippen LogP contribution in [0.4, 0.5) is 4.79 Å². The van der Waals surface area contributed by atoms with Crippen molar-refractivity contribution >= 4 is 33.9 Å². The van der Waals surface area contributed by atoms with Gasteiger partial charge in [0, 0.05) is 36.9 Å². The number of likely N-dealkylation sites (tertiary alicyclic amines) is 1. The molecule has 3 aliphatic rings. The van der Waals surface area contributed by atoms with Gasteiger partial charge in [-0.05, 0) is 38.0 Å². The van der Waals surface area contributed by atoms with Crippen molar-refractivity contribution in [2.45, 2.75) is 83.4 Å². The molecule has 14 heteroatoms. The fourth-order valence-electron chi connectivity index (χ4n) is 5.48. The quantitative estimate of drug-likeness (QED) is 0.216. The summed E-state index contributed by atoms with van der Waals surface area (Å²) in [6, 6.07) is -2.58. The van der Waals surface area contributed by atoms with E-state index in [-0.39, 0.29) is 48.0 Å². The fraction of sp³-hybridized carbons (Fsp3) is 0.833. The van der Waals surface area contributed by atoms with Gasteiger partial charge in [0.25, 0.3) is 10.1 Å². The topological polar surface area (TPSA) is 191 Å². The third kappa shape index (κ3) is 7.35. The van der Waals surface area contributed by atoms with Crippen LogP contribution in [0.15, 0.2) is 0 Å². The molecule has 1 aliphatic carbocycles. The van der Waals surface area contributed by atoms with Gasteiger partial charge >= 0.3 is 6.09 Å². The maximum absolute atomic E-state index is 13.1. The molecule has 0 unspecified atom stereocenters. The second kappa shape index (κ2) is 11.7. The highest BCUT2D eigenvalue weighted by atomic mass is 32.2. The lowest BCUT2D eigenvalue weighted by atomic mass is 9.61. The summed E-state index contributed by atoms with van der Waals surface area (Å²) in [6.07, 6.45) is 0.463.